The van der Waals surface area contributed by atoms with E-state index in [-0.39, 0.29) is 24.1 Å². The number of hydrogen-bond donors (Lipinski definition) is 4. The molecule has 7 heteroatoms. The van der Waals surface area contributed by atoms with E-state index >= 15 is 0 Å². The van der Waals surface area contributed by atoms with Crippen molar-refractivity contribution in [2.75, 3.05) is 6.61 Å². The molecule has 5 fully saturated rings. The van der Waals surface area contributed by atoms with Gasteiger partial charge in [-0.05, 0) is 73.5 Å². The summed E-state index contributed by atoms with van der Waals surface area (Å²) in [5.41, 5.74) is 8.31. The van der Waals surface area contributed by atoms with Crippen molar-refractivity contribution in [3.8, 4) is 11.8 Å². The van der Waals surface area contributed by atoms with Gasteiger partial charge in [0.25, 0.3) is 0 Å². The largest absolute Gasteiger partial charge is 0.394 e. The molecule has 8 atom stereocenters. The molecule has 2 unspecified atom stereocenters. The zero-order valence-corrected chi connectivity index (χ0v) is 24.0. The number of hydrogen-bond acceptors (Lipinski definition) is 6. The van der Waals surface area contributed by atoms with Crippen LogP contribution in [-0.2, 0) is 16.2 Å². The van der Waals surface area contributed by atoms with Crippen LogP contribution in [0.5, 0.6) is 0 Å². The van der Waals surface area contributed by atoms with Gasteiger partial charge >= 0.3 is 0 Å². The highest BCUT2D eigenvalue weighted by Gasteiger charge is 2.57. The summed E-state index contributed by atoms with van der Waals surface area (Å²) in [6.07, 6.45) is 6.18. The van der Waals surface area contributed by atoms with Gasteiger partial charge in [-0.25, -0.2) is 0 Å². The van der Waals surface area contributed by atoms with Crippen molar-refractivity contribution < 1.29 is 19.8 Å². The topological polar surface area (TPSA) is 108 Å². The first-order valence-electron chi connectivity index (χ1n) is 15.0. The molecule has 6 rings (SSSR count). The van der Waals surface area contributed by atoms with Crippen LogP contribution in [0.3, 0.4) is 0 Å². The molecule has 0 aromatic heterocycles. The van der Waals surface area contributed by atoms with E-state index in [2.05, 4.69) is 37.9 Å². The second-order valence-electron chi connectivity index (χ2n) is 13.4. The van der Waals surface area contributed by atoms with Gasteiger partial charge in [-0.3, -0.25) is 9.63 Å². The van der Waals surface area contributed by atoms with E-state index in [4.69, 9.17) is 10.6 Å². The number of aliphatic hydroxyl groups excluding tert-OH is 2. The Morgan fingerprint density at radius 2 is 1.90 bits per heavy atom. The Morgan fingerprint density at radius 3 is 2.49 bits per heavy atom. The monoisotopic (exact) mass is 537 g/mol. The highest BCUT2D eigenvalue weighted by atomic mass is 16.7. The molecule has 5 aliphatic rings. The average molecular weight is 538 g/mol. The normalized spacial score (nSPS) is 35.8. The van der Waals surface area contributed by atoms with Crippen molar-refractivity contribution in [3.05, 3.63) is 35.4 Å². The number of rotatable bonds is 6. The molecular weight excluding hydrogens is 490 g/mol. The lowest BCUT2D eigenvalue weighted by molar-refractivity contribution is -0.183. The zero-order valence-electron chi connectivity index (χ0n) is 24.0. The summed E-state index contributed by atoms with van der Waals surface area (Å²) in [6.45, 7) is 8.73. The van der Waals surface area contributed by atoms with Crippen molar-refractivity contribution in [1.29, 1.82) is 0 Å². The zero-order chi connectivity index (χ0) is 27.9. The Labute approximate surface area is 233 Å². The summed E-state index contributed by atoms with van der Waals surface area (Å²) in [5, 5.41) is 25.7. The molecule has 39 heavy (non-hydrogen) atoms. The molecule has 1 saturated heterocycles. The van der Waals surface area contributed by atoms with Gasteiger partial charge in [-0.15, -0.1) is 0 Å². The van der Waals surface area contributed by atoms with Gasteiger partial charge in [0, 0.05) is 17.5 Å². The summed E-state index contributed by atoms with van der Waals surface area (Å²) < 4.78 is 0. The van der Waals surface area contributed by atoms with Crippen molar-refractivity contribution in [2.24, 2.45) is 34.8 Å². The van der Waals surface area contributed by atoms with Crippen LogP contribution in [0.15, 0.2) is 24.3 Å². The molecule has 1 amide bonds. The van der Waals surface area contributed by atoms with E-state index < -0.39 is 24.2 Å². The Hall–Kier alpha value is -1.95. The first kappa shape index (κ1) is 28.6. The van der Waals surface area contributed by atoms with Crippen molar-refractivity contribution in [3.63, 3.8) is 0 Å². The summed E-state index contributed by atoms with van der Waals surface area (Å²) in [5.74, 6) is 7.54. The first-order valence-corrected chi connectivity index (χ1v) is 15.0. The minimum absolute atomic E-state index is 0.117. The van der Waals surface area contributed by atoms with E-state index in [1.807, 2.05) is 24.3 Å². The predicted octanol–water partition coefficient (Wildman–Crippen LogP) is 3.36. The van der Waals surface area contributed by atoms with E-state index in [1.54, 1.807) is 12.0 Å². The smallest absolute Gasteiger partial charge is 0.240 e. The van der Waals surface area contributed by atoms with Crippen LogP contribution in [-0.4, -0.2) is 57.6 Å². The maximum Gasteiger partial charge on any atom is 0.240 e. The fourth-order valence-corrected chi connectivity index (χ4v) is 7.86. The van der Waals surface area contributed by atoms with Gasteiger partial charge < -0.3 is 21.3 Å². The molecule has 1 heterocycles. The van der Waals surface area contributed by atoms with E-state index in [9.17, 15) is 15.0 Å². The molecular formula is C32H47N3O4. The lowest BCUT2D eigenvalue weighted by Gasteiger charge is -2.62. The molecule has 1 aromatic carbocycles. The summed E-state index contributed by atoms with van der Waals surface area (Å²) in [6, 6.07) is 7.37. The molecule has 7 nitrogen and oxygen atoms in total. The highest BCUT2D eigenvalue weighted by Crippen LogP contribution is 2.61. The SMILES string of the molecule is CC(O)C1[C@H](CO)ON(Cc2ccc(C#CC3(N)CCCCC3)cc2)[C@@H]1C(=O)N[C@H]1C[C@H]2C[C@H]([C@@H]1C)C2(C)C. The lowest BCUT2D eigenvalue weighted by atomic mass is 9.45. The van der Waals surface area contributed by atoms with Crippen molar-refractivity contribution >= 4 is 5.91 Å². The maximum absolute atomic E-state index is 13.8. The maximum atomic E-state index is 13.8. The second kappa shape index (κ2) is 11.1. The molecule has 0 radical (unpaired) electrons. The van der Waals surface area contributed by atoms with Gasteiger partial charge in [0.1, 0.15) is 12.1 Å². The number of amides is 1. The van der Waals surface area contributed by atoms with Crippen LogP contribution in [0.25, 0.3) is 0 Å². The number of hydroxylamine groups is 2. The van der Waals surface area contributed by atoms with Crippen molar-refractivity contribution in [1.82, 2.24) is 10.4 Å². The first-order chi connectivity index (χ1) is 18.5. The Morgan fingerprint density at radius 1 is 1.21 bits per heavy atom. The van der Waals surface area contributed by atoms with E-state index in [0.29, 0.717) is 29.7 Å². The number of carbonyl (C=O) groups is 1. The highest BCUT2D eigenvalue weighted by molar-refractivity contribution is 5.82. The van der Waals surface area contributed by atoms with Gasteiger partial charge in [0.2, 0.25) is 5.91 Å². The number of nitrogens with two attached hydrogens (primary N) is 1. The minimum Gasteiger partial charge on any atom is -0.394 e. The lowest BCUT2D eigenvalue weighted by Crippen LogP contribution is -2.62. The number of carbonyl (C=O) groups excluding carboxylic acids is 1. The second-order valence-corrected chi connectivity index (χ2v) is 13.4. The van der Waals surface area contributed by atoms with Gasteiger partial charge in [-0.2, -0.15) is 5.06 Å². The Kier molecular flexibility index (Phi) is 8.16. The quantitative estimate of drug-likeness (QED) is 0.415. The van der Waals surface area contributed by atoms with Gasteiger partial charge in [0.05, 0.1) is 24.8 Å². The Bertz CT molecular complexity index is 1080. The third kappa shape index (κ3) is 5.64. The molecule has 0 spiro atoms. The van der Waals surface area contributed by atoms with Crippen LogP contribution < -0.4 is 11.1 Å². The van der Waals surface area contributed by atoms with Crippen LogP contribution in [0, 0.1) is 40.9 Å². The standard InChI is InChI=1S/C32H47N3O4/c1-20-25-16-24(31(25,3)4)17-26(20)34-30(38)29-28(21(2)37)27(19-36)39-35(29)18-23-10-8-22(9-11-23)12-15-32(33)13-6-5-7-14-32/h8-11,20-21,24-29,36-37H,5-7,13-14,16-19,33H2,1-4H3,(H,34,38)/t20-,21?,24+,25+,26-,27-,28?,29-/m0/s1. The molecule has 4 aliphatic carbocycles. The van der Waals surface area contributed by atoms with Crippen LogP contribution >= 0.6 is 0 Å². The van der Waals surface area contributed by atoms with E-state index in [1.165, 1.54) is 12.8 Å². The van der Waals surface area contributed by atoms with Crippen LogP contribution in [0.2, 0.25) is 0 Å². The summed E-state index contributed by atoms with van der Waals surface area (Å²) >= 11 is 0. The summed E-state index contributed by atoms with van der Waals surface area (Å²) in [4.78, 5) is 19.9. The fraction of sp³-hybridized carbons (Fsp3) is 0.719. The third-order valence-corrected chi connectivity index (χ3v) is 10.6. The number of nitrogens with one attached hydrogen (secondary N) is 1. The molecule has 2 bridgehead atoms. The van der Waals surface area contributed by atoms with E-state index in [0.717, 1.165) is 43.2 Å². The predicted molar refractivity (Wildman–Crippen MR) is 151 cm³/mol. The van der Waals surface area contributed by atoms with Gasteiger partial charge in [0.15, 0.2) is 0 Å². The fourth-order valence-electron chi connectivity index (χ4n) is 7.86. The molecule has 1 aromatic rings. The third-order valence-electron chi connectivity index (χ3n) is 10.6. The number of benzene rings is 1. The van der Waals surface area contributed by atoms with Gasteiger partial charge in [-0.1, -0.05) is 64.0 Å². The van der Waals surface area contributed by atoms with Crippen LogP contribution in [0.4, 0.5) is 0 Å². The molecule has 5 N–H and O–H groups in total. The number of nitrogens with zero attached hydrogens (tertiary/aromatic N) is 1. The minimum atomic E-state index is -0.806. The van der Waals surface area contributed by atoms with Crippen LogP contribution in [0.1, 0.15) is 83.8 Å². The number of fused-ring (bicyclic) bond motifs is 2. The van der Waals surface area contributed by atoms with Crippen molar-refractivity contribution in [2.45, 2.75) is 109 Å². The molecule has 1 aliphatic heterocycles. The summed E-state index contributed by atoms with van der Waals surface area (Å²) in [7, 11) is 0. The average Bonchev–Trinajstić information content (AvgIpc) is 3.28. The number of aliphatic hydroxyl groups is 2. The molecule has 4 saturated carbocycles. The Balaban J connectivity index is 1.29. The molecule has 214 valence electrons.